The van der Waals surface area contributed by atoms with E-state index >= 15 is 0 Å². The SMILES string of the molecule is CC(=O)N1C=Cc2ccccc2[C@H]1CC(=O)Nc1ccc(-c2cn3ccsc3n2)cc1. The number of amides is 2. The zero-order valence-electron chi connectivity index (χ0n) is 16.9. The van der Waals surface area contributed by atoms with Crippen LogP contribution in [0.5, 0.6) is 0 Å². The molecule has 0 unspecified atom stereocenters. The molecule has 154 valence electrons. The highest BCUT2D eigenvalue weighted by atomic mass is 32.1. The number of carbonyl (C=O) groups is 2. The number of fused-ring (bicyclic) bond motifs is 2. The highest BCUT2D eigenvalue weighted by molar-refractivity contribution is 7.15. The van der Waals surface area contributed by atoms with E-state index in [1.807, 2.05) is 76.8 Å². The minimum Gasteiger partial charge on any atom is -0.326 e. The van der Waals surface area contributed by atoms with Gasteiger partial charge in [0.1, 0.15) is 0 Å². The number of hydrogen-bond donors (Lipinski definition) is 1. The van der Waals surface area contributed by atoms with E-state index in [1.54, 1.807) is 22.4 Å². The van der Waals surface area contributed by atoms with Gasteiger partial charge in [-0.1, -0.05) is 36.4 Å². The summed E-state index contributed by atoms with van der Waals surface area (Å²) in [6.07, 6.45) is 7.81. The van der Waals surface area contributed by atoms with Crippen LogP contribution >= 0.6 is 11.3 Å². The van der Waals surface area contributed by atoms with Crippen LogP contribution in [0.2, 0.25) is 0 Å². The molecule has 2 aromatic carbocycles. The van der Waals surface area contributed by atoms with E-state index in [0.29, 0.717) is 5.69 Å². The first kappa shape index (κ1) is 19.3. The quantitative estimate of drug-likeness (QED) is 0.499. The van der Waals surface area contributed by atoms with Crippen molar-refractivity contribution in [3.63, 3.8) is 0 Å². The third kappa shape index (κ3) is 3.75. The maximum absolute atomic E-state index is 12.8. The van der Waals surface area contributed by atoms with Gasteiger partial charge in [0.15, 0.2) is 4.96 Å². The average molecular weight is 429 g/mol. The number of thiazole rings is 1. The molecule has 7 heteroatoms. The molecule has 6 nitrogen and oxygen atoms in total. The van der Waals surface area contributed by atoms with E-state index in [1.165, 1.54) is 6.92 Å². The van der Waals surface area contributed by atoms with Crippen LogP contribution < -0.4 is 5.32 Å². The van der Waals surface area contributed by atoms with Crippen molar-refractivity contribution in [3.05, 3.63) is 83.6 Å². The molecular weight excluding hydrogens is 408 g/mol. The molecule has 5 rings (SSSR count). The average Bonchev–Trinajstić information content (AvgIpc) is 3.37. The molecule has 0 saturated carbocycles. The summed E-state index contributed by atoms with van der Waals surface area (Å²) in [4.78, 5) is 32.1. The lowest BCUT2D eigenvalue weighted by Gasteiger charge is -2.32. The highest BCUT2D eigenvalue weighted by Gasteiger charge is 2.28. The number of hydrogen-bond acceptors (Lipinski definition) is 4. The lowest BCUT2D eigenvalue weighted by molar-refractivity contribution is -0.129. The molecule has 1 atom stereocenters. The van der Waals surface area contributed by atoms with Gasteiger partial charge in [0.05, 0.1) is 18.2 Å². The van der Waals surface area contributed by atoms with Gasteiger partial charge in [-0.3, -0.25) is 14.0 Å². The number of benzene rings is 2. The van der Waals surface area contributed by atoms with Gasteiger partial charge in [0.2, 0.25) is 11.8 Å². The van der Waals surface area contributed by atoms with Gasteiger partial charge >= 0.3 is 0 Å². The van der Waals surface area contributed by atoms with Crippen molar-refractivity contribution in [2.75, 3.05) is 5.32 Å². The third-order valence-corrected chi connectivity index (χ3v) is 6.18. The summed E-state index contributed by atoms with van der Waals surface area (Å²) in [6.45, 7) is 1.52. The highest BCUT2D eigenvalue weighted by Crippen LogP contribution is 2.33. The second-order valence-electron chi connectivity index (χ2n) is 7.44. The number of nitrogens with zero attached hydrogens (tertiary/aromatic N) is 3. The van der Waals surface area contributed by atoms with Crippen LogP contribution in [0.3, 0.4) is 0 Å². The standard InChI is InChI=1S/C24H20N4O2S/c1-16(29)28-11-10-17-4-2-3-5-20(17)22(28)14-23(30)25-19-8-6-18(7-9-19)21-15-27-12-13-31-24(27)26-21/h2-13,15,22H,14H2,1H3,(H,25,30)/t22-/m1/s1. The van der Waals surface area contributed by atoms with Crippen molar-refractivity contribution in [1.82, 2.24) is 14.3 Å². The number of carbonyl (C=O) groups excluding carboxylic acids is 2. The van der Waals surface area contributed by atoms with Gasteiger partial charge in [-0.25, -0.2) is 4.98 Å². The topological polar surface area (TPSA) is 66.7 Å². The van der Waals surface area contributed by atoms with Gasteiger partial charge < -0.3 is 10.2 Å². The van der Waals surface area contributed by atoms with Gasteiger partial charge in [0.25, 0.3) is 0 Å². The second-order valence-corrected chi connectivity index (χ2v) is 8.31. The number of rotatable bonds is 4. The minimum absolute atomic E-state index is 0.0899. The molecular formula is C24H20N4O2S. The van der Waals surface area contributed by atoms with Crippen molar-refractivity contribution in [3.8, 4) is 11.3 Å². The fraction of sp³-hybridized carbons (Fsp3) is 0.125. The molecule has 3 heterocycles. The summed E-state index contributed by atoms with van der Waals surface area (Å²) in [5.74, 6) is -0.232. The summed E-state index contributed by atoms with van der Waals surface area (Å²) in [7, 11) is 0. The fourth-order valence-corrected chi connectivity index (χ4v) is 4.59. The Labute approximate surface area is 183 Å². The molecule has 0 aliphatic carbocycles. The molecule has 0 bridgehead atoms. The fourth-order valence-electron chi connectivity index (χ4n) is 3.89. The van der Waals surface area contributed by atoms with Crippen LogP contribution in [0.4, 0.5) is 5.69 Å². The Balaban J connectivity index is 1.31. The zero-order valence-corrected chi connectivity index (χ0v) is 17.7. The molecule has 1 aliphatic rings. The molecule has 0 spiro atoms. The van der Waals surface area contributed by atoms with E-state index in [0.717, 1.165) is 27.3 Å². The first-order chi connectivity index (χ1) is 15.1. The molecule has 2 amide bonds. The predicted octanol–water partition coefficient (Wildman–Crippen LogP) is 4.97. The number of anilines is 1. The van der Waals surface area contributed by atoms with E-state index in [2.05, 4.69) is 10.3 Å². The molecule has 2 aromatic heterocycles. The summed E-state index contributed by atoms with van der Waals surface area (Å²) in [5.41, 5.74) is 4.60. The Morgan fingerprint density at radius 2 is 1.94 bits per heavy atom. The van der Waals surface area contributed by atoms with Crippen LogP contribution in [0, 0.1) is 0 Å². The second kappa shape index (κ2) is 7.85. The Morgan fingerprint density at radius 1 is 1.13 bits per heavy atom. The summed E-state index contributed by atoms with van der Waals surface area (Å²) < 4.78 is 1.99. The summed E-state index contributed by atoms with van der Waals surface area (Å²) >= 11 is 1.59. The van der Waals surface area contributed by atoms with Crippen molar-refractivity contribution < 1.29 is 9.59 Å². The summed E-state index contributed by atoms with van der Waals surface area (Å²) in [5, 5.41) is 4.95. The van der Waals surface area contributed by atoms with Crippen molar-refractivity contribution in [1.29, 1.82) is 0 Å². The Kier molecular flexibility index (Phi) is 4.88. The van der Waals surface area contributed by atoms with Gasteiger partial charge in [0, 0.05) is 42.1 Å². The zero-order chi connectivity index (χ0) is 21.4. The maximum atomic E-state index is 12.8. The first-order valence-electron chi connectivity index (χ1n) is 9.97. The molecule has 1 aliphatic heterocycles. The molecule has 1 N–H and O–H groups in total. The summed E-state index contributed by atoms with van der Waals surface area (Å²) in [6, 6.07) is 15.2. The van der Waals surface area contributed by atoms with Crippen molar-refractivity contribution >= 4 is 39.9 Å². The maximum Gasteiger partial charge on any atom is 0.226 e. The van der Waals surface area contributed by atoms with Gasteiger partial charge in [-0.15, -0.1) is 11.3 Å². The van der Waals surface area contributed by atoms with Gasteiger partial charge in [-0.2, -0.15) is 0 Å². The van der Waals surface area contributed by atoms with E-state index in [4.69, 9.17) is 0 Å². The largest absolute Gasteiger partial charge is 0.326 e. The van der Waals surface area contributed by atoms with E-state index in [-0.39, 0.29) is 24.3 Å². The smallest absolute Gasteiger partial charge is 0.226 e. The normalized spacial score (nSPS) is 15.1. The molecule has 31 heavy (non-hydrogen) atoms. The monoisotopic (exact) mass is 428 g/mol. The predicted molar refractivity (Wildman–Crippen MR) is 122 cm³/mol. The lowest BCUT2D eigenvalue weighted by Crippen LogP contribution is -2.33. The minimum atomic E-state index is -0.323. The van der Waals surface area contributed by atoms with Crippen molar-refractivity contribution in [2.45, 2.75) is 19.4 Å². The molecule has 4 aromatic rings. The number of imidazole rings is 1. The van der Waals surface area contributed by atoms with Crippen LogP contribution in [0.1, 0.15) is 30.5 Å². The van der Waals surface area contributed by atoms with E-state index in [9.17, 15) is 9.59 Å². The van der Waals surface area contributed by atoms with Gasteiger partial charge in [-0.05, 0) is 29.3 Å². The van der Waals surface area contributed by atoms with Crippen LogP contribution in [0.25, 0.3) is 22.3 Å². The number of nitrogens with one attached hydrogen (secondary N) is 1. The molecule has 0 radical (unpaired) electrons. The third-order valence-electron chi connectivity index (χ3n) is 5.41. The Bertz CT molecular complexity index is 1270. The Morgan fingerprint density at radius 3 is 2.71 bits per heavy atom. The van der Waals surface area contributed by atoms with Crippen molar-refractivity contribution in [2.24, 2.45) is 0 Å². The van der Waals surface area contributed by atoms with Crippen LogP contribution in [-0.2, 0) is 9.59 Å². The molecule has 0 saturated heterocycles. The molecule has 0 fully saturated rings. The van der Waals surface area contributed by atoms with Crippen LogP contribution in [0.15, 0.2) is 72.5 Å². The van der Waals surface area contributed by atoms with Crippen LogP contribution in [-0.4, -0.2) is 26.1 Å². The van der Waals surface area contributed by atoms with E-state index < -0.39 is 0 Å². The first-order valence-corrected chi connectivity index (χ1v) is 10.8. The Hall–Kier alpha value is -3.71. The lowest BCUT2D eigenvalue weighted by atomic mass is 9.93. The number of aromatic nitrogens is 2.